The summed E-state index contributed by atoms with van der Waals surface area (Å²) < 4.78 is 5.70. The highest BCUT2D eigenvalue weighted by Gasteiger charge is 2.14. The predicted molar refractivity (Wildman–Crippen MR) is 103 cm³/mol. The first-order chi connectivity index (χ1) is 12.5. The lowest BCUT2D eigenvalue weighted by Crippen LogP contribution is -2.25. The van der Waals surface area contributed by atoms with Gasteiger partial charge in [0.2, 0.25) is 11.8 Å². The quantitative estimate of drug-likeness (QED) is 0.739. The van der Waals surface area contributed by atoms with Gasteiger partial charge in [0.05, 0.1) is 12.1 Å². The van der Waals surface area contributed by atoms with Gasteiger partial charge < -0.3 is 14.6 Å². The van der Waals surface area contributed by atoms with E-state index in [4.69, 9.17) is 4.42 Å². The number of carbonyl (C=O) groups is 1. The molecule has 2 aromatic carbocycles. The van der Waals surface area contributed by atoms with Crippen molar-refractivity contribution in [3.63, 3.8) is 0 Å². The molecule has 0 saturated carbocycles. The van der Waals surface area contributed by atoms with Gasteiger partial charge in [-0.25, -0.2) is 4.98 Å². The number of aryl methyl sites for hydroxylation is 1. The van der Waals surface area contributed by atoms with Gasteiger partial charge in [0.25, 0.3) is 0 Å². The molecule has 0 bridgehead atoms. The highest BCUT2D eigenvalue weighted by Crippen LogP contribution is 2.21. The molecule has 0 aliphatic heterocycles. The van der Waals surface area contributed by atoms with E-state index >= 15 is 0 Å². The van der Waals surface area contributed by atoms with Crippen molar-refractivity contribution < 1.29 is 9.21 Å². The standard InChI is InChI=1S/C21H23N3O2/c1-15-19(23-21(26-15)17-7-5-4-6-8-17)13-20(25)22-14-16-9-11-18(12-10-16)24(2)3/h4-12H,13-14H2,1-3H3,(H,22,25). The van der Waals surface area contributed by atoms with Crippen LogP contribution in [-0.2, 0) is 17.8 Å². The molecule has 0 saturated heterocycles. The van der Waals surface area contributed by atoms with Crippen molar-refractivity contribution in [2.24, 2.45) is 0 Å². The Morgan fingerprint density at radius 2 is 1.77 bits per heavy atom. The Morgan fingerprint density at radius 1 is 1.08 bits per heavy atom. The largest absolute Gasteiger partial charge is 0.441 e. The molecule has 134 valence electrons. The molecule has 5 heteroatoms. The molecule has 1 amide bonds. The van der Waals surface area contributed by atoms with Crippen LogP contribution in [0.25, 0.3) is 11.5 Å². The van der Waals surface area contributed by atoms with Gasteiger partial charge in [-0.2, -0.15) is 0 Å². The SMILES string of the molecule is Cc1oc(-c2ccccc2)nc1CC(=O)NCc1ccc(N(C)C)cc1. The Balaban J connectivity index is 1.59. The van der Waals surface area contributed by atoms with Crippen LogP contribution in [0.4, 0.5) is 5.69 Å². The first-order valence-corrected chi connectivity index (χ1v) is 8.57. The molecule has 0 unspecified atom stereocenters. The molecule has 0 atom stereocenters. The Hall–Kier alpha value is -3.08. The molecule has 0 spiro atoms. The minimum Gasteiger partial charge on any atom is -0.441 e. The number of oxazole rings is 1. The predicted octanol–water partition coefficient (Wildman–Crippen LogP) is 3.57. The molecule has 26 heavy (non-hydrogen) atoms. The summed E-state index contributed by atoms with van der Waals surface area (Å²) in [6, 6.07) is 17.8. The average molecular weight is 349 g/mol. The maximum Gasteiger partial charge on any atom is 0.226 e. The smallest absolute Gasteiger partial charge is 0.226 e. The fraction of sp³-hybridized carbons (Fsp3) is 0.238. The summed E-state index contributed by atoms with van der Waals surface area (Å²) in [6.07, 6.45) is 0.206. The van der Waals surface area contributed by atoms with Crippen LogP contribution in [0.15, 0.2) is 59.0 Å². The van der Waals surface area contributed by atoms with E-state index in [1.165, 1.54) is 0 Å². The van der Waals surface area contributed by atoms with Crippen LogP contribution in [0.5, 0.6) is 0 Å². The lowest BCUT2D eigenvalue weighted by atomic mass is 10.2. The van der Waals surface area contributed by atoms with Crippen molar-refractivity contribution in [2.75, 3.05) is 19.0 Å². The van der Waals surface area contributed by atoms with Gasteiger partial charge in [-0.1, -0.05) is 30.3 Å². The van der Waals surface area contributed by atoms with E-state index in [2.05, 4.69) is 10.3 Å². The average Bonchev–Trinajstić information content (AvgIpc) is 3.01. The van der Waals surface area contributed by atoms with Crippen LogP contribution in [0.3, 0.4) is 0 Å². The maximum absolute atomic E-state index is 12.3. The summed E-state index contributed by atoms with van der Waals surface area (Å²) in [5.74, 6) is 1.15. The number of benzene rings is 2. The summed E-state index contributed by atoms with van der Waals surface area (Å²) in [7, 11) is 4.00. The van der Waals surface area contributed by atoms with Crippen molar-refractivity contribution in [1.29, 1.82) is 0 Å². The number of hydrogen-bond acceptors (Lipinski definition) is 4. The van der Waals surface area contributed by atoms with Crippen LogP contribution in [0.1, 0.15) is 17.0 Å². The second kappa shape index (κ2) is 7.87. The van der Waals surface area contributed by atoms with Crippen molar-refractivity contribution >= 4 is 11.6 Å². The molecule has 1 heterocycles. The Kier molecular flexibility index (Phi) is 5.37. The molecule has 0 radical (unpaired) electrons. The first-order valence-electron chi connectivity index (χ1n) is 8.57. The third kappa shape index (κ3) is 4.30. The molecule has 0 fully saturated rings. The Labute approximate surface area is 153 Å². The molecule has 1 aromatic heterocycles. The van der Waals surface area contributed by atoms with E-state index < -0.39 is 0 Å². The van der Waals surface area contributed by atoms with E-state index in [1.54, 1.807) is 0 Å². The van der Waals surface area contributed by atoms with Gasteiger partial charge in [0, 0.05) is 31.9 Å². The summed E-state index contributed by atoms with van der Waals surface area (Å²) in [5, 5.41) is 2.94. The summed E-state index contributed by atoms with van der Waals surface area (Å²) in [4.78, 5) is 18.8. The van der Waals surface area contributed by atoms with Gasteiger partial charge in [0.1, 0.15) is 5.76 Å². The van der Waals surface area contributed by atoms with Crippen molar-refractivity contribution in [3.8, 4) is 11.5 Å². The molecule has 5 nitrogen and oxygen atoms in total. The topological polar surface area (TPSA) is 58.4 Å². The Bertz CT molecular complexity index is 868. The third-order valence-electron chi connectivity index (χ3n) is 4.18. The monoisotopic (exact) mass is 349 g/mol. The normalized spacial score (nSPS) is 10.6. The molecule has 3 rings (SSSR count). The van der Waals surface area contributed by atoms with Crippen LogP contribution < -0.4 is 10.2 Å². The van der Waals surface area contributed by atoms with Gasteiger partial charge >= 0.3 is 0 Å². The minimum absolute atomic E-state index is 0.0716. The summed E-state index contributed by atoms with van der Waals surface area (Å²) in [5.41, 5.74) is 3.77. The number of anilines is 1. The molecular weight excluding hydrogens is 326 g/mol. The highest BCUT2D eigenvalue weighted by atomic mass is 16.4. The molecule has 3 aromatic rings. The number of aromatic nitrogens is 1. The molecule has 0 aliphatic carbocycles. The second-order valence-electron chi connectivity index (χ2n) is 6.40. The van der Waals surface area contributed by atoms with E-state index in [0.29, 0.717) is 23.9 Å². The highest BCUT2D eigenvalue weighted by molar-refractivity contribution is 5.78. The number of carbonyl (C=O) groups excluding carboxylic acids is 1. The second-order valence-corrected chi connectivity index (χ2v) is 6.40. The van der Waals surface area contributed by atoms with Crippen LogP contribution in [-0.4, -0.2) is 25.0 Å². The molecular formula is C21H23N3O2. The van der Waals surface area contributed by atoms with Gasteiger partial charge in [0.15, 0.2) is 0 Å². The fourth-order valence-corrected chi connectivity index (χ4v) is 2.62. The van der Waals surface area contributed by atoms with E-state index in [1.807, 2.05) is 80.5 Å². The van der Waals surface area contributed by atoms with Crippen LogP contribution in [0, 0.1) is 6.92 Å². The van der Waals surface area contributed by atoms with Crippen molar-refractivity contribution in [3.05, 3.63) is 71.6 Å². The number of nitrogens with one attached hydrogen (secondary N) is 1. The van der Waals surface area contributed by atoms with Gasteiger partial charge in [-0.15, -0.1) is 0 Å². The van der Waals surface area contributed by atoms with Crippen LogP contribution >= 0.6 is 0 Å². The van der Waals surface area contributed by atoms with Crippen molar-refractivity contribution in [1.82, 2.24) is 10.3 Å². The first kappa shape index (κ1) is 17.7. The van der Waals surface area contributed by atoms with Crippen molar-refractivity contribution in [2.45, 2.75) is 19.9 Å². The third-order valence-corrected chi connectivity index (χ3v) is 4.18. The molecule has 1 N–H and O–H groups in total. The lowest BCUT2D eigenvalue weighted by Gasteiger charge is -2.12. The van der Waals surface area contributed by atoms with Gasteiger partial charge in [-0.3, -0.25) is 4.79 Å². The van der Waals surface area contributed by atoms with Gasteiger partial charge in [-0.05, 0) is 36.8 Å². The minimum atomic E-state index is -0.0716. The summed E-state index contributed by atoms with van der Waals surface area (Å²) >= 11 is 0. The summed E-state index contributed by atoms with van der Waals surface area (Å²) in [6.45, 7) is 2.33. The number of nitrogens with zero attached hydrogens (tertiary/aromatic N) is 2. The maximum atomic E-state index is 12.3. The zero-order valence-electron chi connectivity index (χ0n) is 15.3. The lowest BCUT2D eigenvalue weighted by molar-refractivity contribution is -0.120. The molecule has 0 aliphatic rings. The Morgan fingerprint density at radius 3 is 2.42 bits per heavy atom. The number of amides is 1. The van der Waals surface area contributed by atoms with E-state index in [0.717, 1.165) is 16.8 Å². The number of hydrogen-bond donors (Lipinski definition) is 1. The fourth-order valence-electron chi connectivity index (χ4n) is 2.62. The van der Waals surface area contributed by atoms with Crippen LogP contribution in [0.2, 0.25) is 0 Å². The van der Waals surface area contributed by atoms with E-state index in [9.17, 15) is 4.79 Å². The zero-order chi connectivity index (χ0) is 18.5. The zero-order valence-corrected chi connectivity index (χ0v) is 15.3. The van der Waals surface area contributed by atoms with E-state index in [-0.39, 0.29) is 12.3 Å². The number of rotatable bonds is 6.